The van der Waals surface area contributed by atoms with Crippen LogP contribution in [0.4, 0.5) is 0 Å². The van der Waals surface area contributed by atoms with E-state index < -0.39 is 6.04 Å². The average Bonchev–Trinajstić information content (AvgIpc) is 2.28. The zero-order valence-electron chi connectivity index (χ0n) is 11.1. The van der Waals surface area contributed by atoms with Gasteiger partial charge in [-0.2, -0.15) is 0 Å². The van der Waals surface area contributed by atoms with Gasteiger partial charge in [-0.1, -0.05) is 43.6 Å². The van der Waals surface area contributed by atoms with Crippen LogP contribution in [0.25, 0.3) is 0 Å². The van der Waals surface area contributed by atoms with Crippen LogP contribution in [0.2, 0.25) is 5.02 Å². The number of carbonyl (C=O) groups excluding carboxylic acids is 1. The van der Waals surface area contributed by atoms with Gasteiger partial charge in [-0.05, 0) is 30.9 Å². The summed E-state index contributed by atoms with van der Waals surface area (Å²) < 4.78 is 0. The molecule has 0 aliphatic heterocycles. The molecule has 4 heteroatoms. The van der Waals surface area contributed by atoms with Gasteiger partial charge in [0.2, 0.25) is 5.91 Å². The van der Waals surface area contributed by atoms with Gasteiger partial charge in [-0.25, -0.2) is 0 Å². The van der Waals surface area contributed by atoms with Gasteiger partial charge in [-0.3, -0.25) is 4.79 Å². The van der Waals surface area contributed by atoms with Crippen molar-refractivity contribution in [3.05, 3.63) is 34.9 Å². The topological polar surface area (TPSA) is 55.1 Å². The molecular weight excluding hydrogens is 248 g/mol. The molecule has 0 saturated carbocycles. The van der Waals surface area contributed by atoms with Crippen LogP contribution < -0.4 is 11.1 Å². The Morgan fingerprint density at radius 1 is 1.33 bits per heavy atom. The first-order chi connectivity index (χ1) is 8.41. The van der Waals surface area contributed by atoms with Crippen LogP contribution in [0.1, 0.15) is 38.8 Å². The summed E-state index contributed by atoms with van der Waals surface area (Å²) in [6.07, 6.45) is 0.682. The Labute approximate surface area is 114 Å². The fourth-order valence-electron chi connectivity index (χ4n) is 1.84. The number of halogens is 1. The average molecular weight is 269 g/mol. The fourth-order valence-corrected chi connectivity index (χ4v) is 2.14. The van der Waals surface area contributed by atoms with Crippen molar-refractivity contribution >= 4 is 17.5 Å². The number of benzene rings is 1. The molecule has 0 saturated heterocycles. The molecule has 0 bridgehead atoms. The molecule has 0 fully saturated rings. The first kappa shape index (κ1) is 15.0. The molecule has 1 aromatic rings. The zero-order valence-corrected chi connectivity index (χ0v) is 11.9. The molecule has 1 amide bonds. The van der Waals surface area contributed by atoms with Gasteiger partial charge in [0.1, 0.15) is 0 Å². The van der Waals surface area contributed by atoms with E-state index in [1.807, 2.05) is 45.0 Å². The first-order valence-corrected chi connectivity index (χ1v) is 6.60. The van der Waals surface area contributed by atoms with E-state index in [9.17, 15) is 4.79 Å². The van der Waals surface area contributed by atoms with Gasteiger partial charge < -0.3 is 11.1 Å². The van der Waals surface area contributed by atoms with Gasteiger partial charge in [0, 0.05) is 5.02 Å². The lowest BCUT2D eigenvalue weighted by Crippen LogP contribution is -2.42. The van der Waals surface area contributed by atoms with E-state index in [2.05, 4.69) is 5.32 Å². The SMILES string of the molecule is CC(C)C[C@@H](N)C(=O)N[C@@H](C)c1ccccc1Cl. The van der Waals surface area contributed by atoms with Crippen LogP contribution in [0, 0.1) is 5.92 Å². The summed E-state index contributed by atoms with van der Waals surface area (Å²) in [5.41, 5.74) is 6.74. The molecule has 0 aliphatic rings. The highest BCUT2D eigenvalue weighted by molar-refractivity contribution is 6.31. The molecule has 0 aliphatic carbocycles. The first-order valence-electron chi connectivity index (χ1n) is 6.22. The number of carbonyl (C=O) groups is 1. The molecule has 3 N–H and O–H groups in total. The molecular formula is C14H21ClN2O. The molecule has 0 spiro atoms. The van der Waals surface area contributed by atoms with Gasteiger partial charge >= 0.3 is 0 Å². The lowest BCUT2D eigenvalue weighted by molar-refractivity contribution is -0.123. The van der Waals surface area contributed by atoms with Gasteiger partial charge in [-0.15, -0.1) is 0 Å². The Balaban J connectivity index is 2.62. The minimum Gasteiger partial charge on any atom is -0.348 e. The smallest absolute Gasteiger partial charge is 0.237 e. The minimum absolute atomic E-state index is 0.129. The number of nitrogens with one attached hydrogen (secondary N) is 1. The third kappa shape index (κ3) is 4.31. The van der Waals surface area contributed by atoms with Gasteiger partial charge in [0.05, 0.1) is 12.1 Å². The summed E-state index contributed by atoms with van der Waals surface area (Å²) in [4.78, 5) is 11.9. The molecule has 0 heterocycles. The zero-order chi connectivity index (χ0) is 13.7. The Hall–Kier alpha value is -1.06. The number of nitrogens with two attached hydrogens (primary N) is 1. The van der Waals surface area contributed by atoms with Crippen LogP contribution in [-0.4, -0.2) is 11.9 Å². The summed E-state index contributed by atoms with van der Waals surface area (Å²) in [6, 6.07) is 6.89. The standard InChI is InChI=1S/C14H21ClN2O/c1-9(2)8-13(16)14(18)17-10(3)11-6-4-5-7-12(11)15/h4-7,9-10,13H,8,16H2,1-3H3,(H,17,18)/t10-,13+/m0/s1. The van der Waals surface area contributed by atoms with Crippen LogP contribution in [0.5, 0.6) is 0 Å². The molecule has 0 unspecified atom stereocenters. The van der Waals surface area contributed by atoms with E-state index in [0.717, 1.165) is 5.56 Å². The molecule has 18 heavy (non-hydrogen) atoms. The Morgan fingerprint density at radius 2 is 1.94 bits per heavy atom. The summed E-state index contributed by atoms with van der Waals surface area (Å²) in [5.74, 6) is 0.275. The fraction of sp³-hybridized carbons (Fsp3) is 0.500. The largest absolute Gasteiger partial charge is 0.348 e. The lowest BCUT2D eigenvalue weighted by Gasteiger charge is -2.19. The highest BCUT2D eigenvalue weighted by Gasteiger charge is 2.18. The van der Waals surface area contributed by atoms with Gasteiger partial charge in [0.25, 0.3) is 0 Å². The van der Waals surface area contributed by atoms with Crippen LogP contribution >= 0.6 is 11.6 Å². The van der Waals surface area contributed by atoms with Crippen molar-refractivity contribution in [2.45, 2.75) is 39.3 Å². The second kappa shape index (κ2) is 6.76. The second-order valence-electron chi connectivity index (χ2n) is 4.99. The summed E-state index contributed by atoms with van der Waals surface area (Å²) >= 11 is 6.08. The predicted molar refractivity (Wildman–Crippen MR) is 75.4 cm³/mol. The van der Waals surface area contributed by atoms with E-state index in [1.165, 1.54) is 0 Å². The summed E-state index contributed by atoms with van der Waals surface area (Å²) in [6.45, 7) is 6.00. The molecule has 100 valence electrons. The predicted octanol–water partition coefficient (Wildman–Crippen LogP) is 2.89. The van der Waals surface area contributed by atoms with E-state index in [4.69, 9.17) is 17.3 Å². The lowest BCUT2D eigenvalue weighted by atomic mass is 10.0. The van der Waals surface area contributed by atoms with Crippen LogP contribution in [-0.2, 0) is 4.79 Å². The normalized spacial score (nSPS) is 14.3. The number of hydrogen-bond donors (Lipinski definition) is 2. The van der Waals surface area contributed by atoms with Crippen molar-refractivity contribution in [1.82, 2.24) is 5.32 Å². The summed E-state index contributed by atoms with van der Waals surface area (Å²) in [7, 11) is 0. The number of rotatable bonds is 5. The highest BCUT2D eigenvalue weighted by Crippen LogP contribution is 2.22. The van der Waals surface area contributed by atoms with Gasteiger partial charge in [0.15, 0.2) is 0 Å². The van der Waals surface area contributed by atoms with E-state index >= 15 is 0 Å². The molecule has 3 nitrogen and oxygen atoms in total. The maximum atomic E-state index is 11.9. The minimum atomic E-state index is -0.463. The van der Waals surface area contributed by atoms with Crippen molar-refractivity contribution in [3.63, 3.8) is 0 Å². The Morgan fingerprint density at radius 3 is 2.50 bits per heavy atom. The molecule has 2 atom stereocenters. The highest BCUT2D eigenvalue weighted by atomic mass is 35.5. The van der Waals surface area contributed by atoms with Crippen molar-refractivity contribution in [3.8, 4) is 0 Å². The van der Waals surface area contributed by atoms with Crippen molar-refractivity contribution in [1.29, 1.82) is 0 Å². The van der Waals surface area contributed by atoms with E-state index in [0.29, 0.717) is 17.4 Å². The molecule has 0 radical (unpaired) electrons. The van der Waals surface area contributed by atoms with Crippen LogP contribution in [0.15, 0.2) is 24.3 Å². The molecule has 1 aromatic carbocycles. The third-order valence-electron chi connectivity index (χ3n) is 2.79. The van der Waals surface area contributed by atoms with Crippen molar-refractivity contribution < 1.29 is 4.79 Å². The van der Waals surface area contributed by atoms with E-state index in [-0.39, 0.29) is 11.9 Å². The number of hydrogen-bond acceptors (Lipinski definition) is 2. The maximum Gasteiger partial charge on any atom is 0.237 e. The van der Waals surface area contributed by atoms with Crippen molar-refractivity contribution in [2.24, 2.45) is 11.7 Å². The third-order valence-corrected chi connectivity index (χ3v) is 3.14. The Kier molecular flexibility index (Phi) is 5.63. The molecule has 0 aromatic heterocycles. The van der Waals surface area contributed by atoms with Crippen LogP contribution in [0.3, 0.4) is 0 Å². The molecule has 1 rings (SSSR count). The second-order valence-corrected chi connectivity index (χ2v) is 5.40. The maximum absolute atomic E-state index is 11.9. The summed E-state index contributed by atoms with van der Waals surface area (Å²) in [5, 5.41) is 3.55. The van der Waals surface area contributed by atoms with E-state index in [1.54, 1.807) is 0 Å². The monoisotopic (exact) mass is 268 g/mol. The quantitative estimate of drug-likeness (QED) is 0.863. The van der Waals surface area contributed by atoms with Crippen molar-refractivity contribution in [2.75, 3.05) is 0 Å². The Bertz CT molecular complexity index is 407. The number of amides is 1.